The van der Waals surface area contributed by atoms with E-state index in [0.717, 1.165) is 31.1 Å². The van der Waals surface area contributed by atoms with Gasteiger partial charge in [-0.15, -0.1) is 0 Å². The molecule has 1 atom stereocenters. The summed E-state index contributed by atoms with van der Waals surface area (Å²) in [4.78, 5) is 4.56. The van der Waals surface area contributed by atoms with Gasteiger partial charge in [-0.25, -0.2) is 0 Å². The van der Waals surface area contributed by atoms with Gasteiger partial charge in [-0.1, -0.05) is 32.9 Å². The lowest BCUT2D eigenvalue weighted by molar-refractivity contribution is 0.323. The summed E-state index contributed by atoms with van der Waals surface area (Å²) in [6.07, 6.45) is 4.36. The lowest BCUT2D eigenvalue weighted by atomic mass is 10.0. The number of nitrogens with one attached hydrogen (secondary N) is 1. The van der Waals surface area contributed by atoms with Crippen LogP contribution >= 0.6 is 0 Å². The van der Waals surface area contributed by atoms with Crippen molar-refractivity contribution in [2.75, 3.05) is 6.54 Å². The van der Waals surface area contributed by atoms with Crippen molar-refractivity contribution >= 4 is 0 Å². The van der Waals surface area contributed by atoms with Gasteiger partial charge < -0.3 is 9.84 Å². The van der Waals surface area contributed by atoms with E-state index in [1.54, 1.807) is 0 Å². The van der Waals surface area contributed by atoms with E-state index in [9.17, 15) is 0 Å². The van der Waals surface area contributed by atoms with Crippen molar-refractivity contribution in [3.8, 4) is 0 Å². The third-order valence-electron chi connectivity index (χ3n) is 3.86. The standard InChI is InChI=1S/C14H25N3O/c1-5-8-15-11(10(2)3)9-12-16-13(17-18-12)14(4)6-7-14/h10-11,15H,5-9H2,1-4H3. The molecule has 4 heteroatoms. The predicted octanol–water partition coefficient (Wildman–Crippen LogP) is 2.69. The van der Waals surface area contributed by atoms with E-state index in [2.05, 4.69) is 43.2 Å². The Bertz CT molecular complexity index is 382. The summed E-state index contributed by atoms with van der Waals surface area (Å²) >= 11 is 0. The Hall–Kier alpha value is -0.900. The van der Waals surface area contributed by atoms with Crippen molar-refractivity contribution in [2.45, 2.75) is 64.8 Å². The molecular formula is C14H25N3O. The van der Waals surface area contributed by atoms with Crippen molar-refractivity contribution in [3.05, 3.63) is 11.7 Å². The molecule has 1 aliphatic carbocycles. The normalized spacial score (nSPS) is 19.2. The number of rotatable bonds is 7. The van der Waals surface area contributed by atoms with E-state index in [4.69, 9.17) is 4.52 Å². The van der Waals surface area contributed by atoms with E-state index in [0.29, 0.717) is 12.0 Å². The van der Waals surface area contributed by atoms with Crippen molar-refractivity contribution in [2.24, 2.45) is 5.92 Å². The van der Waals surface area contributed by atoms with Gasteiger partial charge in [0.15, 0.2) is 5.82 Å². The first-order chi connectivity index (χ1) is 8.55. The largest absolute Gasteiger partial charge is 0.339 e. The van der Waals surface area contributed by atoms with Gasteiger partial charge in [0.2, 0.25) is 5.89 Å². The number of hydrogen-bond donors (Lipinski definition) is 1. The second kappa shape index (κ2) is 5.39. The van der Waals surface area contributed by atoms with Gasteiger partial charge in [-0.3, -0.25) is 0 Å². The average molecular weight is 251 g/mol. The highest BCUT2D eigenvalue weighted by Gasteiger charge is 2.43. The topological polar surface area (TPSA) is 51.0 Å². The molecule has 0 spiro atoms. The van der Waals surface area contributed by atoms with Crippen LogP contribution in [0.1, 0.15) is 58.7 Å². The van der Waals surface area contributed by atoms with E-state index in [1.165, 1.54) is 12.8 Å². The van der Waals surface area contributed by atoms with Crippen LogP contribution in [-0.4, -0.2) is 22.7 Å². The highest BCUT2D eigenvalue weighted by Crippen LogP contribution is 2.45. The summed E-state index contributed by atoms with van der Waals surface area (Å²) in [6.45, 7) is 9.89. The number of nitrogens with zero attached hydrogens (tertiary/aromatic N) is 2. The third kappa shape index (κ3) is 3.10. The maximum atomic E-state index is 5.39. The molecule has 0 amide bonds. The first-order valence-electron chi connectivity index (χ1n) is 7.11. The summed E-state index contributed by atoms with van der Waals surface area (Å²) in [5.74, 6) is 2.25. The Morgan fingerprint density at radius 2 is 2.11 bits per heavy atom. The number of hydrogen-bond acceptors (Lipinski definition) is 4. The first kappa shape index (κ1) is 13.5. The molecule has 18 heavy (non-hydrogen) atoms. The molecule has 102 valence electrons. The SMILES string of the molecule is CCCNC(Cc1nc(C2(C)CC2)no1)C(C)C. The molecular weight excluding hydrogens is 226 g/mol. The van der Waals surface area contributed by atoms with Crippen LogP contribution in [0.15, 0.2) is 4.52 Å². The van der Waals surface area contributed by atoms with Gasteiger partial charge in [0.1, 0.15) is 0 Å². The van der Waals surface area contributed by atoms with Gasteiger partial charge in [-0.2, -0.15) is 4.98 Å². The molecule has 1 heterocycles. The van der Waals surface area contributed by atoms with Crippen LogP contribution in [0.3, 0.4) is 0 Å². The maximum absolute atomic E-state index is 5.39. The molecule has 0 saturated heterocycles. The van der Waals surface area contributed by atoms with Crippen molar-refractivity contribution in [1.82, 2.24) is 15.5 Å². The van der Waals surface area contributed by atoms with Crippen LogP contribution < -0.4 is 5.32 Å². The minimum Gasteiger partial charge on any atom is -0.339 e. The first-order valence-corrected chi connectivity index (χ1v) is 7.11. The zero-order valence-corrected chi connectivity index (χ0v) is 12.0. The van der Waals surface area contributed by atoms with Crippen LogP contribution in [0.25, 0.3) is 0 Å². The van der Waals surface area contributed by atoms with Crippen molar-refractivity contribution in [3.63, 3.8) is 0 Å². The third-order valence-corrected chi connectivity index (χ3v) is 3.86. The molecule has 0 radical (unpaired) electrons. The second-order valence-electron chi connectivity index (χ2n) is 6.08. The quantitative estimate of drug-likeness (QED) is 0.809. The van der Waals surface area contributed by atoms with Crippen LogP contribution in [-0.2, 0) is 11.8 Å². The molecule has 1 fully saturated rings. The predicted molar refractivity (Wildman–Crippen MR) is 71.5 cm³/mol. The van der Waals surface area contributed by atoms with Gasteiger partial charge in [0.25, 0.3) is 0 Å². The van der Waals surface area contributed by atoms with E-state index < -0.39 is 0 Å². The average Bonchev–Trinajstić information content (AvgIpc) is 2.91. The Labute approximate surface area is 110 Å². The fraction of sp³-hybridized carbons (Fsp3) is 0.857. The van der Waals surface area contributed by atoms with Gasteiger partial charge >= 0.3 is 0 Å². The molecule has 1 aliphatic rings. The van der Waals surface area contributed by atoms with Crippen molar-refractivity contribution in [1.29, 1.82) is 0 Å². The highest BCUT2D eigenvalue weighted by molar-refractivity contribution is 5.14. The van der Waals surface area contributed by atoms with Crippen LogP contribution in [0.5, 0.6) is 0 Å². The van der Waals surface area contributed by atoms with E-state index in [-0.39, 0.29) is 5.41 Å². The van der Waals surface area contributed by atoms with Crippen molar-refractivity contribution < 1.29 is 4.52 Å². The second-order valence-corrected chi connectivity index (χ2v) is 6.08. The lowest BCUT2D eigenvalue weighted by Gasteiger charge is -2.20. The van der Waals surface area contributed by atoms with Crippen LogP contribution in [0, 0.1) is 5.92 Å². The monoisotopic (exact) mass is 251 g/mol. The molecule has 2 rings (SSSR count). The van der Waals surface area contributed by atoms with Crippen LogP contribution in [0.4, 0.5) is 0 Å². The molecule has 0 aromatic carbocycles. The van der Waals surface area contributed by atoms with Gasteiger partial charge in [0.05, 0.1) is 0 Å². The van der Waals surface area contributed by atoms with Crippen LogP contribution in [0.2, 0.25) is 0 Å². The summed E-state index contributed by atoms with van der Waals surface area (Å²) in [5, 5.41) is 7.68. The Balaban J connectivity index is 1.95. The summed E-state index contributed by atoms with van der Waals surface area (Å²) < 4.78 is 5.39. The number of aromatic nitrogens is 2. The molecule has 1 unspecified atom stereocenters. The van der Waals surface area contributed by atoms with Gasteiger partial charge in [0, 0.05) is 17.9 Å². The minimum atomic E-state index is 0.200. The van der Waals surface area contributed by atoms with E-state index in [1.807, 2.05) is 0 Å². The zero-order valence-electron chi connectivity index (χ0n) is 12.0. The Morgan fingerprint density at radius 3 is 2.67 bits per heavy atom. The molecule has 0 bridgehead atoms. The van der Waals surface area contributed by atoms with Gasteiger partial charge in [-0.05, 0) is 31.7 Å². The molecule has 4 nitrogen and oxygen atoms in total. The molecule has 1 saturated carbocycles. The van der Waals surface area contributed by atoms with E-state index >= 15 is 0 Å². The minimum absolute atomic E-state index is 0.200. The maximum Gasteiger partial charge on any atom is 0.228 e. The lowest BCUT2D eigenvalue weighted by Crippen LogP contribution is -2.36. The molecule has 1 aromatic heterocycles. The fourth-order valence-electron chi connectivity index (χ4n) is 2.06. The Morgan fingerprint density at radius 1 is 1.39 bits per heavy atom. The molecule has 0 aliphatic heterocycles. The summed E-state index contributed by atoms with van der Waals surface area (Å²) in [7, 11) is 0. The molecule has 1 N–H and O–H groups in total. The summed E-state index contributed by atoms with van der Waals surface area (Å²) in [6, 6.07) is 0.422. The highest BCUT2D eigenvalue weighted by atomic mass is 16.5. The fourth-order valence-corrected chi connectivity index (χ4v) is 2.06. The Kier molecular flexibility index (Phi) is 4.05. The summed E-state index contributed by atoms with van der Waals surface area (Å²) in [5.41, 5.74) is 0.200. The molecule has 1 aromatic rings. The zero-order chi connectivity index (χ0) is 13.2. The smallest absolute Gasteiger partial charge is 0.228 e.